The maximum atomic E-state index is 12.4. The fourth-order valence-corrected chi connectivity index (χ4v) is 3.19. The third kappa shape index (κ3) is 3.62. The van der Waals surface area contributed by atoms with Crippen LogP contribution in [0.1, 0.15) is 10.4 Å². The minimum atomic E-state index is -3.90. The van der Waals surface area contributed by atoms with Crippen LogP contribution in [0.5, 0.6) is 5.75 Å². The zero-order chi connectivity index (χ0) is 18.0. The van der Waals surface area contributed by atoms with Crippen molar-refractivity contribution < 1.29 is 17.9 Å². The molecule has 3 aromatic rings. The second-order valence-electron chi connectivity index (χ2n) is 5.43. The summed E-state index contributed by atoms with van der Waals surface area (Å²) in [6.07, 6.45) is 0. The maximum absolute atomic E-state index is 12.4. The van der Waals surface area contributed by atoms with E-state index in [2.05, 4.69) is 5.32 Å². The van der Waals surface area contributed by atoms with Crippen LogP contribution in [0.4, 0.5) is 5.69 Å². The van der Waals surface area contributed by atoms with Gasteiger partial charge in [0.15, 0.2) is 0 Å². The van der Waals surface area contributed by atoms with Crippen molar-refractivity contribution >= 4 is 32.4 Å². The number of ether oxygens (including phenoxy) is 1. The number of amides is 1. The standard InChI is InChI=1S/C18H16N2O4S/c1-24-16-11-15(8-9-17(16)25(19,22)23)20-18(21)14-7-6-12-4-2-3-5-13(12)10-14/h2-11H,1H3,(H,20,21)(H2,19,22,23). The third-order valence-electron chi connectivity index (χ3n) is 3.74. The van der Waals surface area contributed by atoms with E-state index in [1.54, 1.807) is 12.1 Å². The summed E-state index contributed by atoms with van der Waals surface area (Å²) in [5, 5.41) is 9.85. The second kappa shape index (κ2) is 6.54. The molecule has 3 aromatic carbocycles. The summed E-state index contributed by atoms with van der Waals surface area (Å²) in [5.74, 6) is -0.241. The van der Waals surface area contributed by atoms with Gasteiger partial charge in [0, 0.05) is 17.3 Å². The highest BCUT2D eigenvalue weighted by molar-refractivity contribution is 7.89. The van der Waals surface area contributed by atoms with Crippen molar-refractivity contribution in [3.05, 3.63) is 66.2 Å². The number of carbonyl (C=O) groups excluding carboxylic acids is 1. The molecule has 25 heavy (non-hydrogen) atoms. The first-order valence-electron chi connectivity index (χ1n) is 7.39. The van der Waals surface area contributed by atoms with Gasteiger partial charge in [-0.05, 0) is 35.0 Å². The lowest BCUT2D eigenvalue weighted by Crippen LogP contribution is -2.15. The van der Waals surface area contributed by atoms with Gasteiger partial charge in [0.25, 0.3) is 5.91 Å². The molecule has 0 saturated heterocycles. The van der Waals surface area contributed by atoms with Crippen molar-refractivity contribution in [1.29, 1.82) is 0 Å². The highest BCUT2D eigenvalue weighted by atomic mass is 32.2. The number of nitrogens with one attached hydrogen (secondary N) is 1. The molecule has 128 valence electrons. The van der Waals surface area contributed by atoms with Crippen LogP contribution in [0.15, 0.2) is 65.6 Å². The fourth-order valence-electron chi connectivity index (χ4n) is 2.51. The first-order valence-corrected chi connectivity index (χ1v) is 8.94. The molecule has 3 N–H and O–H groups in total. The van der Waals surface area contributed by atoms with Crippen molar-refractivity contribution in [2.24, 2.45) is 5.14 Å². The Morgan fingerprint density at radius 1 is 1.00 bits per heavy atom. The molecule has 0 bridgehead atoms. The molecule has 0 heterocycles. The summed E-state index contributed by atoms with van der Waals surface area (Å²) >= 11 is 0. The van der Waals surface area contributed by atoms with Gasteiger partial charge in [-0.15, -0.1) is 0 Å². The van der Waals surface area contributed by atoms with E-state index < -0.39 is 10.0 Å². The Labute approximate surface area is 145 Å². The van der Waals surface area contributed by atoms with E-state index in [4.69, 9.17) is 9.88 Å². The predicted molar refractivity (Wildman–Crippen MR) is 96.3 cm³/mol. The predicted octanol–water partition coefficient (Wildman–Crippen LogP) is 2.75. The number of carbonyl (C=O) groups is 1. The van der Waals surface area contributed by atoms with Crippen LogP contribution in [-0.4, -0.2) is 21.4 Å². The Balaban J connectivity index is 1.89. The molecule has 0 spiro atoms. The first-order chi connectivity index (χ1) is 11.9. The average Bonchev–Trinajstić information content (AvgIpc) is 2.60. The van der Waals surface area contributed by atoms with Crippen LogP contribution >= 0.6 is 0 Å². The van der Waals surface area contributed by atoms with Gasteiger partial charge >= 0.3 is 0 Å². The SMILES string of the molecule is COc1cc(NC(=O)c2ccc3ccccc3c2)ccc1S(N)(=O)=O. The number of benzene rings is 3. The summed E-state index contributed by atoms with van der Waals surface area (Å²) < 4.78 is 28.1. The number of nitrogens with two attached hydrogens (primary N) is 1. The van der Waals surface area contributed by atoms with Crippen LogP contribution in [-0.2, 0) is 10.0 Å². The van der Waals surface area contributed by atoms with E-state index in [0.29, 0.717) is 11.3 Å². The summed E-state index contributed by atoms with van der Waals surface area (Å²) in [6, 6.07) is 17.3. The minimum absolute atomic E-state index is 0.0683. The number of methoxy groups -OCH3 is 1. The number of hydrogen-bond donors (Lipinski definition) is 2. The van der Waals surface area contributed by atoms with E-state index >= 15 is 0 Å². The lowest BCUT2D eigenvalue weighted by Gasteiger charge is -2.10. The lowest BCUT2D eigenvalue weighted by molar-refractivity contribution is 0.102. The molecule has 0 radical (unpaired) electrons. The molecule has 1 amide bonds. The van der Waals surface area contributed by atoms with Crippen LogP contribution in [0.2, 0.25) is 0 Å². The highest BCUT2D eigenvalue weighted by Crippen LogP contribution is 2.26. The normalized spacial score (nSPS) is 11.3. The van der Waals surface area contributed by atoms with E-state index in [1.165, 1.54) is 25.3 Å². The van der Waals surface area contributed by atoms with Crippen LogP contribution in [0.25, 0.3) is 10.8 Å². The van der Waals surface area contributed by atoms with Crippen LogP contribution in [0.3, 0.4) is 0 Å². The van der Waals surface area contributed by atoms with Gasteiger partial charge in [-0.3, -0.25) is 4.79 Å². The molecule has 0 atom stereocenters. The quantitative estimate of drug-likeness (QED) is 0.751. The number of fused-ring (bicyclic) bond motifs is 1. The monoisotopic (exact) mass is 356 g/mol. The Bertz CT molecular complexity index is 1060. The Morgan fingerprint density at radius 3 is 2.40 bits per heavy atom. The Kier molecular flexibility index (Phi) is 4.43. The van der Waals surface area contributed by atoms with Gasteiger partial charge in [0.1, 0.15) is 10.6 Å². The zero-order valence-corrected chi connectivity index (χ0v) is 14.2. The van der Waals surface area contributed by atoms with Crippen molar-refractivity contribution in [2.45, 2.75) is 4.90 Å². The van der Waals surface area contributed by atoms with Gasteiger partial charge in [0.2, 0.25) is 10.0 Å². The summed E-state index contributed by atoms with van der Waals surface area (Å²) in [7, 11) is -2.57. The molecular formula is C18H16N2O4S. The summed E-state index contributed by atoms with van der Waals surface area (Å²) in [5.41, 5.74) is 0.899. The van der Waals surface area contributed by atoms with Crippen molar-refractivity contribution in [3.63, 3.8) is 0 Å². The summed E-state index contributed by atoms with van der Waals surface area (Å²) in [4.78, 5) is 12.3. The molecule has 0 unspecified atom stereocenters. The highest BCUT2D eigenvalue weighted by Gasteiger charge is 2.16. The molecule has 0 aliphatic rings. The second-order valence-corrected chi connectivity index (χ2v) is 6.96. The van der Waals surface area contributed by atoms with Gasteiger partial charge in [-0.1, -0.05) is 30.3 Å². The van der Waals surface area contributed by atoms with Gasteiger partial charge < -0.3 is 10.1 Å². The molecule has 0 aliphatic carbocycles. The first kappa shape index (κ1) is 16.9. The van der Waals surface area contributed by atoms with Gasteiger partial charge in [0.05, 0.1) is 7.11 Å². The number of sulfonamides is 1. The third-order valence-corrected chi connectivity index (χ3v) is 4.69. The molecule has 0 aromatic heterocycles. The topological polar surface area (TPSA) is 98.5 Å². The van der Waals surface area contributed by atoms with E-state index in [1.807, 2.05) is 30.3 Å². The molecule has 6 nitrogen and oxygen atoms in total. The van der Waals surface area contributed by atoms with E-state index in [0.717, 1.165) is 10.8 Å². The maximum Gasteiger partial charge on any atom is 0.255 e. The fraction of sp³-hybridized carbons (Fsp3) is 0.0556. The minimum Gasteiger partial charge on any atom is -0.495 e. The Hall–Kier alpha value is -2.90. The number of primary sulfonamides is 1. The molecule has 3 rings (SSSR count). The molecule has 0 saturated carbocycles. The average molecular weight is 356 g/mol. The van der Waals surface area contributed by atoms with Crippen LogP contribution in [0, 0.1) is 0 Å². The smallest absolute Gasteiger partial charge is 0.255 e. The van der Waals surface area contributed by atoms with Gasteiger partial charge in [-0.25, -0.2) is 13.6 Å². The van der Waals surface area contributed by atoms with Crippen molar-refractivity contribution in [2.75, 3.05) is 12.4 Å². The van der Waals surface area contributed by atoms with Crippen molar-refractivity contribution in [3.8, 4) is 5.75 Å². The summed E-state index contributed by atoms with van der Waals surface area (Å²) in [6.45, 7) is 0. The Morgan fingerprint density at radius 2 is 1.72 bits per heavy atom. The van der Waals surface area contributed by atoms with Gasteiger partial charge in [-0.2, -0.15) is 0 Å². The number of hydrogen-bond acceptors (Lipinski definition) is 4. The van der Waals surface area contributed by atoms with Crippen LogP contribution < -0.4 is 15.2 Å². The number of anilines is 1. The lowest BCUT2D eigenvalue weighted by atomic mass is 10.1. The molecule has 0 fully saturated rings. The van der Waals surface area contributed by atoms with E-state index in [-0.39, 0.29) is 16.6 Å². The molecule has 7 heteroatoms. The molecule has 0 aliphatic heterocycles. The van der Waals surface area contributed by atoms with E-state index in [9.17, 15) is 13.2 Å². The molecular weight excluding hydrogens is 340 g/mol. The van der Waals surface area contributed by atoms with Crippen molar-refractivity contribution in [1.82, 2.24) is 0 Å². The zero-order valence-electron chi connectivity index (χ0n) is 13.4. The number of rotatable bonds is 4. The largest absolute Gasteiger partial charge is 0.495 e.